The van der Waals surface area contributed by atoms with E-state index in [-0.39, 0.29) is 46.3 Å². The van der Waals surface area contributed by atoms with Gasteiger partial charge in [-0.2, -0.15) is 4.57 Å². The first kappa shape index (κ1) is 48.3. The van der Waals surface area contributed by atoms with Crippen LogP contribution in [0, 0.1) is 0 Å². The van der Waals surface area contributed by atoms with E-state index >= 15 is 0 Å². The van der Waals surface area contributed by atoms with E-state index in [0.717, 1.165) is 22.4 Å². The average molecular weight is 951 g/mol. The van der Waals surface area contributed by atoms with Gasteiger partial charge in [0.1, 0.15) is 62.8 Å². The highest BCUT2D eigenvalue weighted by Crippen LogP contribution is 2.41. The molecule has 3 aromatic heterocycles. The van der Waals surface area contributed by atoms with E-state index in [9.17, 15) is 28.8 Å². The minimum atomic E-state index is -1.39. The molecule has 19 nitrogen and oxygen atoms in total. The predicted molar refractivity (Wildman–Crippen MR) is 239 cm³/mol. The number of nitrogens with one attached hydrogen (secondary N) is 2. The number of benzene rings is 1. The second kappa shape index (κ2) is 19.9. The van der Waals surface area contributed by atoms with Crippen molar-refractivity contribution in [3.63, 3.8) is 0 Å². The maximum atomic E-state index is 14.2. The number of hydrogen-bond acceptors (Lipinski definition) is 16. The summed E-state index contributed by atoms with van der Waals surface area (Å²) in [7, 11) is 6.53. The molecule has 3 atom stereocenters. The Labute approximate surface area is 388 Å². The molecule has 2 radical (unpaired) electrons. The first-order valence-corrected chi connectivity index (χ1v) is 22.2. The normalized spacial score (nSPS) is 16.8. The van der Waals surface area contributed by atoms with Gasteiger partial charge < -0.3 is 38.3 Å². The van der Waals surface area contributed by atoms with Gasteiger partial charge >= 0.3 is 32.1 Å². The van der Waals surface area contributed by atoms with Crippen LogP contribution in [0.25, 0.3) is 11.0 Å². The minimum Gasteiger partial charge on any atom is -0.541 e. The smallest absolute Gasteiger partial charge is 0.413 e. The third-order valence-corrected chi connectivity index (χ3v) is 11.8. The number of thiazole rings is 1. The van der Waals surface area contributed by atoms with Gasteiger partial charge in [0.2, 0.25) is 11.6 Å². The third kappa shape index (κ3) is 11.8. The van der Waals surface area contributed by atoms with Gasteiger partial charge in [-0.3, -0.25) is 24.6 Å². The molecule has 342 valence electrons. The van der Waals surface area contributed by atoms with Crippen molar-refractivity contribution in [1.82, 2.24) is 19.8 Å². The molecule has 0 aliphatic carbocycles. The number of carbonyl (C=O) groups is 6. The molecule has 3 amide bonds. The fourth-order valence-corrected chi connectivity index (χ4v) is 8.87. The van der Waals surface area contributed by atoms with Crippen molar-refractivity contribution in [3.05, 3.63) is 81.7 Å². The zero-order valence-corrected chi connectivity index (χ0v) is 39.1. The van der Waals surface area contributed by atoms with Gasteiger partial charge in [0, 0.05) is 29.7 Å². The summed E-state index contributed by atoms with van der Waals surface area (Å²) in [6, 6.07) is 11.2. The molecule has 6 rings (SSSR count). The standard InChI is InChI=1S/C42H45BClN7O12S2/c1-22(37(55)62-43)63-48-30(29-33(44)65-39(46-29)47-40(57)61-42(5,6)7)34(53)45-31-35(54)51-32(38(56)59-20-23-11-13-25(58-8)14-12-23)24(21-64-36(31)51)18-49-16-9-10-26-27(49)15-17-50(26)19-28(52)60-41(2,3)4/h9-17,22,31,36H,18-21H2,1-8H3,(H-,45,46,47,53,57)/p+1/b48-30-/t22-,31?,36?/m0/s1. The van der Waals surface area contributed by atoms with E-state index in [2.05, 4.69) is 25.4 Å². The molecule has 2 aliphatic heterocycles. The highest BCUT2D eigenvalue weighted by Gasteiger charge is 2.55. The number of hydrogen-bond donors (Lipinski definition) is 2. The number of amides is 3. The summed E-state index contributed by atoms with van der Waals surface area (Å²) in [6.07, 6.45) is 1.35. The summed E-state index contributed by atoms with van der Waals surface area (Å²) in [6.45, 7) is 11.6. The summed E-state index contributed by atoms with van der Waals surface area (Å²) in [5.74, 6) is -2.99. The zero-order chi connectivity index (χ0) is 47.4. The van der Waals surface area contributed by atoms with Gasteiger partial charge in [-0.15, -0.1) is 11.8 Å². The van der Waals surface area contributed by atoms with E-state index in [0.29, 0.717) is 16.9 Å². The number of rotatable bonds is 15. The predicted octanol–water partition coefficient (Wildman–Crippen LogP) is 4.57. The van der Waals surface area contributed by atoms with Crippen molar-refractivity contribution in [2.75, 3.05) is 18.2 Å². The molecule has 2 aliphatic rings. The van der Waals surface area contributed by atoms with Crippen LogP contribution in [0.2, 0.25) is 4.34 Å². The molecule has 1 saturated heterocycles. The maximum absolute atomic E-state index is 14.2. The Kier molecular flexibility index (Phi) is 14.8. The van der Waals surface area contributed by atoms with Crippen LogP contribution in [0.5, 0.6) is 5.75 Å². The van der Waals surface area contributed by atoms with Gasteiger partial charge in [0.05, 0.1) is 7.11 Å². The zero-order valence-electron chi connectivity index (χ0n) is 36.7. The Balaban J connectivity index is 1.28. The molecule has 0 bridgehead atoms. The van der Waals surface area contributed by atoms with Crippen molar-refractivity contribution < 1.29 is 61.8 Å². The van der Waals surface area contributed by atoms with E-state index in [1.165, 1.54) is 30.7 Å². The number of anilines is 1. The number of β-lactam (4-membered cyclic amide) rings is 1. The van der Waals surface area contributed by atoms with Crippen LogP contribution < -0.4 is 19.9 Å². The second-order valence-corrected chi connectivity index (χ2v) is 19.3. The van der Waals surface area contributed by atoms with Crippen LogP contribution in [0.4, 0.5) is 9.93 Å². The maximum Gasteiger partial charge on any atom is 0.413 e. The summed E-state index contributed by atoms with van der Waals surface area (Å²) >= 11 is 8.58. The molecule has 2 unspecified atom stereocenters. The van der Waals surface area contributed by atoms with Crippen LogP contribution in [-0.2, 0) is 67.4 Å². The number of pyridine rings is 1. The third-order valence-electron chi connectivity index (χ3n) is 9.33. The molecular weight excluding hydrogens is 905 g/mol. The van der Waals surface area contributed by atoms with Crippen molar-refractivity contribution in [2.24, 2.45) is 5.16 Å². The van der Waals surface area contributed by atoms with Crippen LogP contribution in [0.15, 0.2) is 71.3 Å². The van der Waals surface area contributed by atoms with E-state index in [4.69, 9.17) is 43.4 Å². The molecule has 5 heterocycles. The molecule has 65 heavy (non-hydrogen) atoms. The number of thioether (sulfide) groups is 1. The van der Waals surface area contributed by atoms with Gasteiger partial charge in [-0.05, 0) is 72.2 Å². The van der Waals surface area contributed by atoms with Crippen molar-refractivity contribution >= 4 is 100 Å². The number of halogens is 1. The highest BCUT2D eigenvalue weighted by molar-refractivity contribution is 8.00. The van der Waals surface area contributed by atoms with E-state index in [1.54, 1.807) is 76.6 Å². The lowest BCUT2D eigenvalue weighted by molar-refractivity contribution is -0.663. The Morgan fingerprint density at radius 1 is 1.05 bits per heavy atom. The SMILES string of the molecule is [B]OC(=O)[C@H](C)O/N=C(\C(=O)NC1C(=O)N2C(C(=O)OCc3ccc(OC)cc3)=C(C[n+]3cccc4c3ccn4CC(=O)OC(C)(C)C)CSC12)c1nc(NC(=O)OC(C)(C)C)sc1Cl. The lowest BCUT2D eigenvalue weighted by atomic mass is 10.0. The fourth-order valence-electron chi connectivity index (χ4n) is 6.51. The first-order valence-electron chi connectivity index (χ1n) is 19.9. The summed E-state index contributed by atoms with van der Waals surface area (Å²) in [4.78, 5) is 90.5. The molecule has 4 aromatic rings. The number of nitrogens with zero attached hydrogens (tertiary/aromatic N) is 5. The summed E-state index contributed by atoms with van der Waals surface area (Å²) in [5, 5.41) is 8.09. The molecule has 1 fully saturated rings. The fraction of sp³-hybridized carbons (Fsp3) is 0.405. The van der Waals surface area contributed by atoms with Crippen molar-refractivity contribution in [3.8, 4) is 5.75 Å². The van der Waals surface area contributed by atoms with Gasteiger partial charge in [0.25, 0.3) is 11.8 Å². The second-order valence-electron chi connectivity index (χ2n) is 16.6. The minimum absolute atomic E-state index is 0.00204. The van der Waals surface area contributed by atoms with Gasteiger partial charge in [-0.25, -0.2) is 19.4 Å². The summed E-state index contributed by atoms with van der Waals surface area (Å²) in [5.41, 5.74) is 0.376. The van der Waals surface area contributed by atoms with Crippen molar-refractivity contribution in [2.45, 2.75) is 96.9 Å². The Morgan fingerprint density at radius 2 is 1.75 bits per heavy atom. The number of esters is 2. The lowest BCUT2D eigenvalue weighted by Crippen LogP contribution is -2.71. The lowest BCUT2D eigenvalue weighted by Gasteiger charge is -2.49. The number of aromatic nitrogens is 3. The summed E-state index contributed by atoms with van der Waals surface area (Å²) < 4.78 is 29.6. The Hall–Kier alpha value is -6.13. The number of oxime groups is 1. The monoisotopic (exact) mass is 950 g/mol. The largest absolute Gasteiger partial charge is 0.541 e. The number of ether oxygens (including phenoxy) is 4. The molecule has 0 saturated carbocycles. The Bertz CT molecular complexity index is 2570. The van der Waals surface area contributed by atoms with Crippen LogP contribution in [0.1, 0.15) is 59.7 Å². The van der Waals surface area contributed by atoms with Crippen LogP contribution >= 0.6 is 34.7 Å². The van der Waals surface area contributed by atoms with Crippen LogP contribution in [-0.4, -0.2) is 106 Å². The first-order chi connectivity index (χ1) is 30.7. The molecule has 2 N–H and O–H groups in total. The molecule has 0 spiro atoms. The van der Waals surface area contributed by atoms with Gasteiger partial charge in [0.15, 0.2) is 23.6 Å². The van der Waals surface area contributed by atoms with E-state index < -0.39 is 70.2 Å². The highest BCUT2D eigenvalue weighted by atomic mass is 35.5. The van der Waals surface area contributed by atoms with Crippen molar-refractivity contribution in [1.29, 1.82) is 0 Å². The van der Waals surface area contributed by atoms with Crippen LogP contribution in [0.3, 0.4) is 0 Å². The average Bonchev–Trinajstić information content (AvgIpc) is 3.82. The van der Waals surface area contributed by atoms with Gasteiger partial charge in [-0.1, -0.05) is 40.2 Å². The number of fused-ring (bicyclic) bond motifs is 2. The number of methoxy groups -OCH3 is 1. The van der Waals surface area contributed by atoms with E-state index in [1.807, 2.05) is 29.0 Å². The Morgan fingerprint density at radius 3 is 2.42 bits per heavy atom. The molecule has 1 aromatic carbocycles. The number of carbonyl (C=O) groups excluding carboxylic acids is 6. The molecule has 23 heteroatoms. The quantitative estimate of drug-likeness (QED) is 0.0318. The molecular formula is C42H46BClN7O12S2+. The topological polar surface area (TPSA) is 219 Å².